The summed E-state index contributed by atoms with van der Waals surface area (Å²) in [7, 11) is -2.38. The van der Waals surface area contributed by atoms with Crippen LogP contribution in [0.25, 0.3) is 11.2 Å². The lowest BCUT2D eigenvalue weighted by Crippen LogP contribution is -2.44. The van der Waals surface area contributed by atoms with Crippen LogP contribution in [0.15, 0.2) is 58.2 Å². The smallest absolute Gasteiger partial charge is 0.332 e. The number of anilines is 2. The van der Waals surface area contributed by atoms with Crippen LogP contribution in [0.4, 0.5) is 11.6 Å². The van der Waals surface area contributed by atoms with Crippen molar-refractivity contribution in [3.63, 3.8) is 0 Å². The van der Waals surface area contributed by atoms with Crippen LogP contribution in [-0.2, 0) is 30.2 Å². The lowest BCUT2D eigenvalue weighted by atomic mass is 10.1. The summed E-state index contributed by atoms with van der Waals surface area (Å²) in [5, 5.41) is 0. The molecule has 0 bridgehead atoms. The number of sulfonamides is 1. The fraction of sp³-hybridized carbons (Fsp3) is 0.407. The molecule has 1 fully saturated rings. The first kappa shape index (κ1) is 30.0. The Bertz CT molecular complexity index is 1750. The molecule has 4 N–H and O–H groups in total. The zero-order valence-electron chi connectivity index (χ0n) is 23.5. The van der Waals surface area contributed by atoms with Crippen molar-refractivity contribution in [1.82, 2.24) is 18.7 Å². The summed E-state index contributed by atoms with van der Waals surface area (Å²) in [5.41, 5.74) is 6.46. The molecule has 1 aromatic carbocycles. The van der Waals surface area contributed by atoms with Crippen LogP contribution in [0.3, 0.4) is 0 Å². The lowest BCUT2D eigenvalue weighted by Gasteiger charge is -2.31. The molecule has 4 rings (SSSR count). The Hall–Kier alpha value is -4.01. The van der Waals surface area contributed by atoms with Gasteiger partial charge in [0.25, 0.3) is 15.6 Å². The van der Waals surface area contributed by atoms with Gasteiger partial charge in [0, 0.05) is 38.3 Å². The van der Waals surface area contributed by atoms with Gasteiger partial charge in [-0.05, 0) is 38.8 Å². The first-order valence-electron chi connectivity index (χ1n) is 13.2. The van der Waals surface area contributed by atoms with Crippen molar-refractivity contribution < 1.29 is 13.2 Å². The molecule has 14 heteroatoms. The Kier molecular flexibility index (Phi) is 8.66. The van der Waals surface area contributed by atoms with Gasteiger partial charge in [0.15, 0.2) is 16.9 Å². The Morgan fingerprint density at radius 1 is 1.24 bits per heavy atom. The van der Waals surface area contributed by atoms with E-state index < -0.39 is 33.6 Å². The third-order valence-electron chi connectivity index (χ3n) is 6.99. The zero-order valence-corrected chi connectivity index (χ0v) is 24.3. The number of benzene rings is 1. The van der Waals surface area contributed by atoms with Gasteiger partial charge in [-0.3, -0.25) is 18.7 Å². The Balaban J connectivity index is 1.79. The highest BCUT2D eigenvalue weighted by Gasteiger charge is 2.27. The Labute approximate surface area is 238 Å². The molecule has 0 spiro atoms. The van der Waals surface area contributed by atoms with Gasteiger partial charge >= 0.3 is 5.69 Å². The SMILES string of the molecule is C=CCS(=O)(=O)N(N)c1cccc(C(=O)Cn2c(=O)c3c(nc(N4CCCC(N)C4)n3CC=C(C)C)n(C)c2=O)c1. The quantitative estimate of drug-likeness (QED) is 0.152. The first-order valence-corrected chi connectivity index (χ1v) is 14.8. The maximum atomic E-state index is 13.8. The van der Waals surface area contributed by atoms with Gasteiger partial charge in [-0.2, -0.15) is 4.98 Å². The van der Waals surface area contributed by atoms with Crippen LogP contribution in [0.2, 0.25) is 0 Å². The number of imidazole rings is 1. The fourth-order valence-corrected chi connectivity index (χ4v) is 5.71. The topological polar surface area (TPSA) is 172 Å². The van der Waals surface area contributed by atoms with Gasteiger partial charge in [0.2, 0.25) is 5.95 Å². The number of aromatic nitrogens is 4. The average Bonchev–Trinajstić information content (AvgIpc) is 3.32. The normalized spacial score (nSPS) is 15.6. The number of aryl methyl sites for hydroxylation is 1. The fourth-order valence-electron chi connectivity index (χ4n) is 4.82. The first-order chi connectivity index (χ1) is 19.4. The summed E-state index contributed by atoms with van der Waals surface area (Å²) in [6.45, 7) is 8.37. The second-order valence-electron chi connectivity index (χ2n) is 10.4. The maximum absolute atomic E-state index is 13.8. The Morgan fingerprint density at radius 3 is 2.63 bits per heavy atom. The van der Waals surface area contributed by atoms with Crippen LogP contribution in [0.5, 0.6) is 0 Å². The summed E-state index contributed by atoms with van der Waals surface area (Å²) in [5.74, 6) is 5.38. The molecule has 1 aliphatic heterocycles. The van der Waals surface area contributed by atoms with Gasteiger partial charge in [0.1, 0.15) is 0 Å². The zero-order chi connectivity index (χ0) is 30.1. The average molecular weight is 585 g/mol. The van der Waals surface area contributed by atoms with Crippen molar-refractivity contribution in [1.29, 1.82) is 0 Å². The van der Waals surface area contributed by atoms with Gasteiger partial charge in [-0.25, -0.2) is 23.5 Å². The summed E-state index contributed by atoms with van der Waals surface area (Å²) in [4.78, 5) is 47.2. The highest BCUT2D eigenvalue weighted by molar-refractivity contribution is 7.92. The van der Waals surface area contributed by atoms with Crippen LogP contribution < -0.4 is 32.1 Å². The van der Waals surface area contributed by atoms with Crippen LogP contribution >= 0.6 is 0 Å². The second-order valence-corrected chi connectivity index (χ2v) is 12.3. The van der Waals surface area contributed by atoms with E-state index in [1.807, 2.05) is 24.8 Å². The standard InChI is InChI=1S/C27H36N8O5S/c1-5-14-41(39,40)35(29)21-10-6-8-19(15-21)22(36)17-34-25(37)23-24(31(4)27(34)38)30-26(33(23)13-11-18(2)3)32-12-7-9-20(28)16-32/h5-6,8,10-11,15,20H,1,7,9,12-14,16-17,28-29H2,2-4H3. The maximum Gasteiger partial charge on any atom is 0.332 e. The largest absolute Gasteiger partial charge is 0.341 e. The molecule has 220 valence electrons. The molecular formula is C27H36N8O5S. The van der Waals surface area contributed by atoms with Gasteiger partial charge in [-0.1, -0.05) is 29.9 Å². The highest BCUT2D eigenvalue weighted by Crippen LogP contribution is 2.23. The molecular weight excluding hydrogens is 548 g/mol. The number of hydrogen-bond donors (Lipinski definition) is 2. The molecule has 3 heterocycles. The van der Waals surface area contributed by atoms with E-state index in [2.05, 4.69) is 6.58 Å². The van der Waals surface area contributed by atoms with Crippen molar-refractivity contribution in [3.8, 4) is 0 Å². The minimum atomic E-state index is -3.89. The van der Waals surface area contributed by atoms with E-state index >= 15 is 0 Å². The molecule has 1 saturated heterocycles. The van der Waals surface area contributed by atoms with Crippen LogP contribution in [0.1, 0.15) is 37.0 Å². The molecule has 0 amide bonds. The van der Waals surface area contributed by atoms with E-state index in [1.54, 1.807) is 4.57 Å². The molecule has 41 heavy (non-hydrogen) atoms. The molecule has 13 nitrogen and oxygen atoms in total. The van der Waals surface area contributed by atoms with Gasteiger partial charge < -0.3 is 15.2 Å². The van der Waals surface area contributed by atoms with Crippen molar-refractivity contribution in [2.75, 3.05) is 28.2 Å². The lowest BCUT2D eigenvalue weighted by molar-refractivity contribution is 0.0969. The minimum Gasteiger partial charge on any atom is -0.341 e. The minimum absolute atomic E-state index is 0.0365. The van der Waals surface area contributed by atoms with Crippen molar-refractivity contribution >= 4 is 38.6 Å². The van der Waals surface area contributed by atoms with Crippen LogP contribution in [0, 0.1) is 0 Å². The number of ketones is 1. The number of allylic oxidation sites excluding steroid dienone is 2. The third-order valence-corrected chi connectivity index (χ3v) is 8.45. The number of nitrogens with two attached hydrogens (primary N) is 2. The number of rotatable bonds is 10. The summed E-state index contributed by atoms with van der Waals surface area (Å²) < 4.78 is 29.2. The number of fused-ring (bicyclic) bond motifs is 1. The molecule has 1 atom stereocenters. The Morgan fingerprint density at radius 2 is 1.98 bits per heavy atom. The van der Waals surface area contributed by atoms with E-state index in [0.29, 0.717) is 30.0 Å². The molecule has 1 unspecified atom stereocenters. The van der Waals surface area contributed by atoms with E-state index in [4.69, 9.17) is 16.6 Å². The van der Waals surface area contributed by atoms with E-state index in [-0.39, 0.29) is 34.2 Å². The molecule has 2 aromatic heterocycles. The molecule has 0 aliphatic carbocycles. The number of carbonyl (C=O) groups is 1. The van der Waals surface area contributed by atoms with Crippen molar-refractivity contribution in [2.45, 2.75) is 45.8 Å². The number of nitrogens with zero attached hydrogens (tertiary/aromatic N) is 6. The molecule has 0 radical (unpaired) electrons. The summed E-state index contributed by atoms with van der Waals surface area (Å²) in [6, 6.07) is 5.63. The van der Waals surface area contributed by atoms with E-state index in [9.17, 15) is 22.8 Å². The number of hydrazine groups is 1. The number of Topliss-reactive ketones (excluding diaryl/α,β-unsaturated/α-hetero) is 1. The third kappa shape index (κ3) is 6.04. The predicted octanol–water partition coefficient (Wildman–Crippen LogP) is 0.869. The predicted molar refractivity (Wildman–Crippen MR) is 160 cm³/mol. The summed E-state index contributed by atoms with van der Waals surface area (Å²) >= 11 is 0. The molecule has 3 aromatic rings. The van der Waals surface area contributed by atoms with Crippen molar-refractivity contribution in [2.24, 2.45) is 18.6 Å². The number of piperidine rings is 1. The molecule has 1 aliphatic rings. The second kappa shape index (κ2) is 11.8. The van der Waals surface area contributed by atoms with Crippen LogP contribution in [-0.4, -0.2) is 57.8 Å². The van der Waals surface area contributed by atoms with Gasteiger partial charge in [0.05, 0.1) is 18.0 Å². The summed E-state index contributed by atoms with van der Waals surface area (Å²) in [6.07, 6.45) is 4.93. The molecule has 0 saturated carbocycles. The van der Waals surface area contributed by atoms with E-state index in [1.165, 1.54) is 42.0 Å². The van der Waals surface area contributed by atoms with Gasteiger partial charge in [-0.15, -0.1) is 6.58 Å². The number of carbonyl (C=O) groups excluding carboxylic acids is 1. The number of hydrogen-bond acceptors (Lipinski definition) is 9. The van der Waals surface area contributed by atoms with Crippen molar-refractivity contribution in [3.05, 3.63) is 75.0 Å². The van der Waals surface area contributed by atoms with E-state index in [0.717, 1.165) is 23.0 Å². The highest BCUT2D eigenvalue weighted by atomic mass is 32.2. The monoisotopic (exact) mass is 584 g/mol.